The fraction of sp³-hybridized carbons (Fsp3) is 0.636. The van der Waals surface area contributed by atoms with Gasteiger partial charge in [-0.2, -0.15) is 5.10 Å². The Morgan fingerprint density at radius 3 is 2.79 bits per heavy atom. The first-order valence-electron chi connectivity index (χ1n) is 10.4. The molecule has 6 heteroatoms. The first-order valence-corrected chi connectivity index (χ1v) is 10.8. The van der Waals surface area contributed by atoms with Gasteiger partial charge in [0.05, 0.1) is 5.69 Å². The van der Waals surface area contributed by atoms with Crippen molar-refractivity contribution in [3.8, 4) is 11.4 Å². The van der Waals surface area contributed by atoms with Gasteiger partial charge < -0.3 is 5.32 Å². The number of halogens is 1. The highest BCUT2D eigenvalue weighted by Crippen LogP contribution is 2.29. The molecule has 3 heterocycles. The fourth-order valence-corrected chi connectivity index (χ4v) is 3.99. The molecule has 1 fully saturated rings. The zero-order valence-electron chi connectivity index (χ0n) is 17.7. The molecule has 1 aliphatic heterocycles. The van der Waals surface area contributed by atoms with E-state index >= 15 is 0 Å². The lowest BCUT2D eigenvalue weighted by molar-refractivity contribution is 0.246. The van der Waals surface area contributed by atoms with E-state index in [9.17, 15) is 0 Å². The van der Waals surface area contributed by atoms with Gasteiger partial charge in [0.1, 0.15) is 10.8 Å². The van der Waals surface area contributed by atoms with Crippen molar-refractivity contribution >= 4 is 11.6 Å². The minimum atomic E-state index is 0.373. The number of aryl methyl sites for hydroxylation is 1. The lowest BCUT2D eigenvalue weighted by atomic mass is 9.92. The molecule has 1 aliphatic rings. The molecule has 0 aliphatic carbocycles. The quantitative estimate of drug-likeness (QED) is 0.770. The maximum absolute atomic E-state index is 6.62. The molecule has 2 aromatic rings. The molecular formula is C22H34ClN5. The minimum absolute atomic E-state index is 0.373. The van der Waals surface area contributed by atoms with Crippen LogP contribution in [0.1, 0.15) is 52.0 Å². The van der Waals surface area contributed by atoms with Crippen LogP contribution in [0.25, 0.3) is 11.4 Å². The molecule has 28 heavy (non-hydrogen) atoms. The van der Waals surface area contributed by atoms with Crippen molar-refractivity contribution in [1.82, 2.24) is 25.0 Å². The number of aromatic nitrogens is 3. The van der Waals surface area contributed by atoms with Crippen molar-refractivity contribution in [1.29, 1.82) is 0 Å². The fourth-order valence-electron chi connectivity index (χ4n) is 3.80. The van der Waals surface area contributed by atoms with Crippen molar-refractivity contribution in [2.45, 2.75) is 59.0 Å². The van der Waals surface area contributed by atoms with Crippen LogP contribution in [0, 0.1) is 5.41 Å². The molecule has 0 bridgehead atoms. The van der Waals surface area contributed by atoms with Gasteiger partial charge in [-0.25, -0.2) is 0 Å². The van der Waals surface area contributed by atoms with Gasteiger partial charge in [-0.15, -0.1) is 0 Å². The van der Waals surface area contributed by atoms with Crippen LogP contribution in [0.5, 0.6) is 0 Å². The lowest BCUT2D eigenvalue weighted by Gasteiger charge is -2.26. The maximum atomic E-state index is 6.62. The number of pyridine rings is 1. The van der Waals surface area contributed by atoms with Gasteiger partial charge in [-0.1, -0.05) is 44.9 Å². The molecule has 0 saturated carbocycles. The molecule has 0 radical (unpaired) electrons. The topological polar surface area (TPSA) is 46.0 Å². The Kier molecular flexibility index (Phi) is 7.13. The molecule has 154 valence electrons. The highest BCUT2D eigenvalue weighted by molar-refractivity contribution is 6.30. The Morgan fingerprint density at radius 2 is 2.07 bits per heavy atom. The van der Waals surface area contributed by atoms with Gasteiger partial charge >= 0.3 is 0 Å². The van der Waals surface area contributed by atoms with Gasteiger partial charge in [-0.05, 0) is 49.9 Å². The zero-order chi connectivity index (χ0) is 20.1. The number of hydrogen-bond acceptors (Lipinski definition) is 4. The van der Waals surface area contributed by atoms with Crippen LogP contribution >= 0.6 is 11.6 Å². The van der Waals surface area contributed by atoms with Crippen molar-refractivity contribution in [2.75, 3.05) is 19.6 Å². The summed E-state index contributed by atoms with van der Waals surface area (Å²) in [4.78, 5) is 7.01. The third-order valence-electron chi connectivity index (χ3n) is 5.42. The molecule has 0 amide bonds. The molecule has 1 atom stereocenters. The van der Waals surface area contributed by atoms with E-state index in [1.165, 1.54) is 25.7 Å². The molecule has 5 nitrogen and oxygen atoms in total. The van der Waals surface area contributed by atoms with Crippen LogP contribution in [-0.4, -0.2) is 45.3 Å². The van der Waals surface area contributed by atoms with E-state index in [2.05, 4.69) is 41.1 Å². The molecule has 0 aromatic carbocycles. The standard InChI is InChI=1S/C22H34ClN5/c1-22(2,3)11-13-24-17-9-6-8-14-28(15-17)16-18-20(26-27(4)21(18)23)19-10-5-7-12-25-19/h5,7,10,12,17,24H,6,8-9,11,13-16H2,1-4H3. The predicted molar refractivity (Wildman–Crippen MR) is 116 cm³/mol. The van der Waals surface area contributed by atoms with Gasteiger partial charge in [-0.3, -0.25) is 14.6 Å². The number of nitrogens with zero attached hydrogens (tertiary/aromatic N) is 4. The third-order valence-corrected chi connectivity index (χ3v) is 5.89. The van der Waals surface area contributed by atoms with Crippen molar-refractivity contribution < 1.29 is 0 Å². The molecule has 2 aromatic heterocycles. The van der Waals surface area contributed by atoms with E-state index in [-0.39, 0.29) is 0 Å². The summed E-state index contributed by atoms with van der Waals surface area (Å²) in [7, 11) is 1.90. The van der Waals surface area contributed by atoms with Crippen molar-refractivity contribution in [3.05, 3.63) is 35.1 Å². The average molecular weight is 404 g/mol. The normalized spacial score (nSPS) is 19.0. The second-order valence-electron chi connectivity index (χ2n) is 9.15. The highest BCUT2D eigenvalue weighted by atomic mass is 35.5. The maximum Gasteiger partial charge on any atom is 0.131 e. The number of hydrogen-bond donors (Lipinski definition) is 1. The van der Waals surface area contributed by atoms with Crippen LogP contribution in [0.3, 0.4) is 0 Å². The average Bonchev–Trinajstić information content (AvgIpc) is 2.81. The molecular weight excluding hydrogens is 370 g/mol. The number of nitrogens with one attached hydrogen (secondary N) is 1. The highest BCUT2D eigenvalue weighted by Gasteiger charge is 2.23. The summed E-state index contributed by atoms with van der Waals surface area (Å²) in [5, 5.41) is 9.15. The molecule has 1 unspecified atom stereocenters. The largest absolute Gasteiger partial charge is 0.313 e. The van der Waals surface area contributed by atoms with E-state index in [0.29, 0.717) is 16.6 Å². The lowest BCUT2D eigenvalue weighted by Crippen LogP contribution is -2.40. The van der Waals surface area contributed by atoms with E-state index < -0.39 is 0 Å². The molecule has 3 rings (SSSR count). The Morgan fingerprint density at radius 1 is 1.25 bits per heavy atom. The van der Waals surface area contributed by atoms with Crippen LogP contribution in [0.15, 0.2) is 24.4 Å². The Labute approximate surface area is 174 Å². The third kappa shape index (κ3) is 5.79. The monoisotopic (exact) mass is 403 g/mol. The van der Waals surface area contributed by atoms with Crippen molar-refractivity contribution in [3.63, 3.8) is 0 Å². The van der Waals surface area contributed by atoms with Gasteiger partial charge in [0.15, 0.2) is 0 Å². The molecule has 1 saturated heterocycles. The summed E-state index contributed by atoms with van der Waals surface area (Å²) in [5.74, 6) is 0. The Balaban J connectivity index is 1.70. The van der Waals surface area contributed by atoms with Crippen LogP contribution in [-0.2, 0) is 13.6 Å². The van der Waals surface area contributed by atoms with Crippen LogP contribution in [0.2, 0.25) is 5.15 Å². The second kappa shape index (κ2) is 9.38. The summed E-state index contributed by atoms with van der Waals surface area (Å²) in [6, 6.07) is 6.46. The number of likely N-dealkylation sites (tertiary alicyclic amines) is 1. The van der Waals surface area contributed by atoms with Crippen LogP contribution < -0.4 is 5.32 Å². The summed E-state index contributed by atoms with van der Waals surface area (Å²) in [6.07, 6.45) is 6.75. The van der Waals surface area contributed by atoms with Gasteiger partial charge in [0, 0.05) is 37.9 Å². The zero-order valence-corrected chi connectivity index (χ0v) is 18.5. The summed E-state index contributed by atoms with van der Waals surface area (Å²) in [6.45, 7) is 11.0. The van der Waals surface area contributed by atoms with Crippen LogP contribution in [0.4, 0.5) is 0 Å². The van der Waals surface area contributed by atoms with E-state index in [0.717, 1.165) is 43.1 Å². The van der Waals surface area contributed by atoms with E-state index in [4.69, 9.17) is 11.6 Å². The number of rotatable bonds is 6. The smallest absolute Gasteiger partial charge is 0.131 e. The predicted octanol–water partition coefficient (Wildman–Crippen LogP) is 4.52. The second-order valence-corrected chi connectivity index (χ2v) is 9.51. The summed E-state index contributed by atoms with van der Waals surface area (Å²) < 4.78 is 1.76. The van der Waals surface area contributed by atoms with Gasteiger partial charge in [0.2, 0.25) is 0 Å². The minimum Gasteiger partial charge on any atom is -0.313 e. The first kappa shape index (κ1) is 21.3. The SMILES string of the molecule is Cn1nc(-c2ccccn2)c(CN2CCCCC(NCCC(C)(C)C)C2)c1Cl. The summed E-state index contributed by atoms with van der Waals surface area (Å²) >= 11 is 6.62. The molecule has 0 spiro atoms. The first-order chi connectivity index (χ1) is 13.3. The molecule has 1 N–H and O–H groups in total. The van der Waals surface area contributed by atoms with Gasteiger partial charge in [0.25, 0.3) is 0 Å². The Hall–Kier alpha value is -1.43. The van der Waals surface area contributed by atoms with E-state index in [1.54, 1.807) is 4.68 Å². The van der Waals surface area contributed by atoms with Crippen molar-refractivity contribution in [2.24, 2.45) is 12.5 Å². The Bertz CT molecular complexity index is 750. The van der Waals surface area contributed by atoms with E-state index in [1.807, 2.05) is 31.4 Å². The summed E-state index contributed by atoms with van der Waals surface area (Å²) in [5.41, 5.74) is 3.24.